The highest BCUT2D eigenvalue weighted by atomic mass is 16.1. The molecule has 2 aromatic carbocycles. The second-order valence-electron chi connectivity index (χ2n) is 6.12. The van der Waals surface area contributed by atoms with Crippen LogP contribution in [0.1, 0.15) is 16.1 Å². The van der Waals surface area contributed by atoms with Gasteiger partial charge in [0.1, 0.15) is 6.54 Å². The van der Waals surface area contributed by atoms with E-state index in [9.17, 15) is 9.59 Å². The SMILES string of the molecule is C#CCn1nc(CNC(=O)c2ccc3[nH]ccc3c2)c2ccccc2c1=O. The van der Waals surface area contributed by atoms with Gasteiger partial charge in [-0.05, 0) is 30.3 Å². The molecule has 6 heteroatoms. The molecule has 1 amide bonds. The van der Waals surface area contributed by atoms with Gasteiger partial charge in [-0.3, -0.25) is 9.59 Å². The van der Waals surface area contributed by atoms with Gasteiger partial charge in [0.25, 0.3) is 11.5 Å². The van der Waals surface area contributed by atoms with Gasteiger partial charge < -0.3 is 10.3 Å². The van der Waals surface area contributed by atoms with Crippen molar-refractivity contribution in [2.45, 2.75) is 13.1 Å². The van der Waals surface area contributed by atoms with E-state index in [2.05, 4.69) is 21.3 Å². The van der Waals surface area contributed by atoms with Crippen molar-refractivity contribution in [3.05, 3.63) is 76.3 Å². The highest BCUT2D eigenvalue weighted by Crippen LogP contribution is 2.15. The van der Waals surface area contributed by atoms with Crippen molar-refractivity contribution in [1.82, 2.24) is 20.1 Å². The molecule has 0 saturated heterocycles. The number of fused-ring (bicyclic) bond motifs is 2. The minimum atomic E-state index is -0.239. The Labute approximate surface area is 154 Å². The second-order valence-corrected chi connectivity index (χ2v) is 6.12. The summed E-state index contributed by atoms with van der Waals surface area (Å²) >= 11 is 0. The van der Waals surface area contributed by atoms with E-state index in [0.29, 0.717) is 22.0 Å². The van der Waals surface area contributed by atoms with Crippen molar-refractivity contribution in [1.29, 1.82) is 0 Å². The Morgan fingerprint density at radius 3 is 2.81 bits per heavy atom. The van der Waals surface area contributed by atoms with E-state index in [1.807, 2.05) is 36.5 Å². The van der Waals surface area contributed by atoms with Crippen LogP contribution in [-0.4, -0.2) is 20.7 Å². The Kier molecular flexibility index (Phi) is 4.19. The number of hydrogen-bond donors (Lipinski definition) is 2. The standard InChI is InChI=1S/C21H16N4O2/c1-2-11-25-21(27)17-6-4-3-5-16(17)19(24-25)13-23-20(26)15-7-8-18-14(12-15)9-10-22-18/h1,3-10,12,22H,11,13H2,(H,23,26). The number of carbonyl (C=O) groups excluding carboxylic acids is 1. The van der Waals surface area contributed by atoms with Crippen LogP contribution in [-0.2, 0) is 13.1 Å². The number of nitrogens with zero attached hydrogens (tertiary/aromatic N) is 2. The van der Waals surface area contributed by atoms with Crippen molar-refractivity contribution in [3.63, 3.8) is 0 Å². The highest BCUT2D eigenvalue weighted by Gasteiger charge is 2.12. The number of benzene rings is 2. The number of amides is 1. The number of nitrogens with one attached hydrogen (secondary N) is 2. The molecule has 2 aromatic heterocycles. The van der Waals surface area contributed by atoms with Crippen LogP contribution in [0.4, 0.5) is 0 Å². The summed E-state index contributed by atoms with van der Waals surface area (Å²) in [7, 11) is 0. The highest BCUT2D eigenvalue weighted by molar-refractivity contribution is 5.98. The molecule has 6 nitrogen and oxygen atoms in total. The first-order valence-electron chi connectivity index (χ1n) is 8.45. The van der Waals surface area contributed by atoms with Crippen molar-refractivity contribution in [3.8, 4) is 12.3 Å². The Hall–Kier alpha value is -3.85. The largest absolute Gasteiger partial charge is 0.361 e. The molecule has 0 aliphatic heterocycles. The number of aromatic nitrogens is 3. The third-order valence-electron chi connectivity index (χ3n) is 4.42. The minimum Gasteiger partial charge on any atom is -0.361 e. The van der Waals surface area contributed by atoms with E-state index in [4.69, 9.17) is 6.42 Å². The Bertz CT molecular complexity index is 1260. The number of carbonyl (C=O) groups is 1. The van der Waals surface area contributed by atoms with Crippen LogP contribution in [0.5, 0.6) is 0 Å². The fourth-order valence-electron chi connectivity index (χ4n) is 3.09. The summed E-state index contributed by atoms with van der Waals surface area (Å²) in [5, 5.41) is 9.41. The maximum absolute atomic E-state index is 12.5. The van der Waals surface area contributed by atoms with Gasteiger partial charge in [0.2, 0.25) is 0 Å². The minimum absolute atomic E-state index is 0.0781. The Morgan fingerprint density at radius 2 is 2.00 bits per heavy atom. The summed E-state index contributed by atoms with van der Waals surface area (Å²) in [5.41, 5.74) is 1.89. The molecule has 0 bridgehead atoms. The fraction of sp³-hybridized carbons (Fsp3) is 0.0952. The molecule has 0 atom stereocenters. The number of terminal acetylenes is 1. The quantitative estimate of drug-likeness (QED) is 0.551. The number of rotatable bonds is 4. The molecule has 0 fully saturated rings. The third-order valence-corrected chi connectivity index (χ3v) is 4.42. The predicted octanol–water partition coefficient (Wildman–Crippen LogP) is 2.44. The van der Waals surface area contributed by atoms with Gasteiger partial charge in [0.15, 0.2) is 0 Å². The van der Waals surface area contributed by atoms with E-state index < -0.39 is 0 Å². The van der Waals surface area contributed by atoms with Crippen LogP contribution in [0, 0.1) is 12.3 Å². The first-order chi connectivity index (χ1) is 13.2. The molecule has 0 saturated carbocycles. The van der Waals surface area contributed by atoms with Gasteiger partial charge >= 0.3 is 0 Å². The van der Waals surface area contributed by atoms with Crippen LogP contribution < -0.4 is 10.9 Å². The van der Waals surface area contributed by atoms with Gasteiger partial charge in [-0.1, -0.05) is 24.1 Å². The van der Waals surface area contributed by atoms with Crippen LogP contribution >= 0.6 is 0 Å². The number of hydrogen-bond acceptors (Lipinski definition) is 3. The van der Waals surface area contributed by atoms with Gasteiger partial charge in [-0.15, -0.1) is 6.42 Å². The molecule has 2 N–H and O–H groups in total. The summed E-state index contributed by atoms with van der Waals surface area (Å²) in [4.78, 5) is 28.1. The Morgan fingerprint density at radius 1 is 1.19 bits per heavy atom. The second kappa shape index (κ2) is 6.81. The van der Waals surface area contributed by atoms with Crippen LogP contribution in [0.25, 0.3) is 21.7 Å². The van der Waals surface area contributed by atoms with Crippen LogP contribution in [0.3, 0.4) is 0 Å². The first-order valence-corrected chi connectivity index (χ1v) is 8.45. The van der Waals surface area contributed by atoms with Crippen LogP contribution in [0.15, 0.2) is 59.5 Å². The molecule has 4 aromatic rings. The molecule has 4 rings (SSSR count). The lowest BCUT2D eigenvalue weighted by Gasteiger charge is -2.10. The molecule has 0 aliphatic carbocycles. The molecule has 0 radical (unpaired) electrons. The summed E-state index contributed by atoms with van der Waals surface area (Å²) in [6.07, 6.45) is 7.17. The molecule has 0 spiro atoms. The van der Waals surface area contributed by atoms with Gasteiger partial charge in [-0.2, -0.15) is 5.10 Å². The zero-order chi connectivity index (χ0) is 18.8. The van der Waals surface area contributed by atoms with E-state index in [1.165, 1.54) is 4.68 Å². The molecule has 132 valence electrons. The average molecular weight is 356 g/mol. The summed E-state index contributed by atoms with van der Waals surface area (Å²) in [5.74, 6) is 2.22. The molecular formula is C21H16N4O2. The molecule has 0 unspecified atom stereocenters. The topological polar surface area (TPSA) is 79.8 Å². The lowest BCUT2D eigenvalue weighted by molar-refractivity contribution is 0.0950. The van der Waals surface area contributed by atoms with Crippen molar-refractivity contribution < 1.29 is 4.79 Å². The third kappa shape index (κ3) is 3.07. The lowest BCUT2D eigenvalue weighted by Crippen LogP contribution is -2.28. The molecule has 0 aliphatic rings. The maximum Gasteiger partial charge on any atom is 0.275 e. The van der Waals surface area contributed by atoms with E-state index in [0.717, 1.165) is 10.9 Å². The smallest absolute Gasteiger partial charge is 0.275 e. The summed E-state index contributed by atoms with van der Waals surface area (Å²) in [6.45, 7) is 0.268. The zero-order valence-electron chi connectivity index (χ0n) is 14.4. The van der Waals surface area contributed by atoms with Gasteiger partial charge in [-0.25, -0.2) is 4.68 Å². The van der Waals surface area contributed by atoms with Crippen molar-refractivity contribution >= 4 is 27.6 Å². The van der Waals surface area contributed by atoms with E-state index in [1.54, 1.807) is 18.2 Å². The summed E-state index contributed by atoms with van der Waals surface area (Å²) < 4.78 is 1.25. The van der Waals surface area contributed by atoms with Gasteiger partial charge in [0, 0.05) is 28.0 Å². The number of aromatic amines is 1. The monoisotopic (exact) mass is 356 g/mol. The van der Waals surface area contributed by atoms with E-state index in [-0.39, 0.29) is 24.6 Å². The first kappa shape index (κ1) is 16.6. The maximum atomic E-state index is 12.5. The zero-order valence-corrected chi connectivity index (χ0v) is 14.4. The molecule has 27 heavy (non-hydrogen) atoms. The normalized spacial score (nSPS) is 10.8. The van der Waals surface area contributed by atoms with Gasteiger partial charge in [0.05, 0.1) is 17.6 Å². The van der Waals surface area contributed by atoms with Crippen LogP contribution in [0.2, 0.25) is 0 Å². The molecule has 2 heterocycles. The summed E-state index contributed by atoms with van der Waals surface area (Å²) in [6, 6.07) is 14.5. The lowest BCUT2D eigenvalue weighted by atomic mass is 10.1. The number of H-pyrrole nitrogens is 1. The Balaban J connectivity index is 1.64. The predicted molar refractivity (Wildman–Crippen MR) is 104 cm³/mol. The fourth-order valence-corrected chi connectivity index (χ4v) is 3.09. The molecular weight excluding hydrogens is 340 g/mol. The van der Waals surface area contributed by atoms with E-state index >= 15 is 0 Å². The van der Waals surface area contributed by atoms with Crippen molar-refractivity contribution in [2.75, 3.05) is 0 Å². The van der Waals surface area contributed by atoms with Crippen molar-refractivity contribution in [2.24, 2.45) is 0 Å². The average Bonchev–Trinajstić information content (AvgIpc) is 3.17.